The third-order valence-corrected chi connectivity index (χ3v) is 11.7. The molecule has 1 aliphatic heterocycles. The van der Waals surface area contributed by atoms with E-state index in [1.165, 1.54) is 26.4 Å². The molecule has 0 aromatic heterocycles. The van der Waals surface area contributed by atoms with Crippen LogP contribution in [0.25, 0.3) is 0 Å². The SMILES string of the molecule is COc1cc(C(=O)O[C@@H]2CCCN(Cc3ccccc3)C[C@H]2NC(=O)c2ccc(OCc3ccccc3)cc2)cc(OC)c1C(=O)c1c(OCc2ccccc2)cccc1OCc1ccccc1. The Morgan fingerprint density at radius 1 is 0.544 bits per heavy atom. The van der Waals surface area contributed by atoms with Crippen molar-refractivity contribution in [3.63, 3.8) is 0 Å². The number of hydrogen-bond donors (Lipinski definition) is 1. The molecule has 11 heteroatoms. The molecule has 0 radical (unpaired) electrons. The molecule has 0 bridgehead atoms. The van der Waals surface area contributed by atoms with Crippen LogP contribution in [0.3, 0.4) is 0 Å². The van der Waals surface area contributed by atoms with Crippen LogP contribution in [0.15, 0.2) is 176 Å². The molecule has 1 amide bonds. The second kappa shape index (κ2) is 23.0. The van der Waals surface area contributed by atoms with E-state index in [1.54, 1.807) is 42.5 Å². The monoisotopic (exact) mass is 910 g/mol. The van der Waals surface area contributed by atoms with Gasteiger partial charge < -0.3 is 33.7 Å². The topological polar surface area (TPSA) is 122 Å². The molecular weight excluding hydrogens is 857 g/mol. The molecule has 0 aliphatic carbocycles. The second-order valence-corrected chi connectivity index (χ2v) is 16.4. The number of ketones is 1. The highest BCUT2D eigenvalue weighted by Crippen LogP contribution is 2.39. The summed E-state index contributed by atoms with van der Waals surface area (Å²) in [7, 11) is 2.84. The summed E-state index contributed by atoms with van der Waals surface area (Å²) in [4.78, 5) is 45.5. The molecule has 1 heterocycles. The van der Waals surface area contributed by atoms with Crippen molar-refractivity contribution in [1.29, 1.82) is 0 Å². The minimum Gasteiger partial charge on any atom is -0.496 e. The first-order valence-electron chi connectivity index (χ1n) is 22.7. The van der Waals surface area contributed by atoms with Crippen LogP contribution in [0.5, 0.6) is 28.7 Å². The lowest BCUT2D eigenvalue weighted by Crippen LogP contribution is -2.50. The van der Waals surface area contributed by atoms with Gasteiger partial charge in [0.2, 0.25) is 5.78 Å². The molecular formula is C57H54N2O9. The quantitative estimate of drug-likeness (QED) is 0.0620. The van der Waals surface area contributed by atoms with E-state index in [0.717, 1.165) is 28.8 Å². The summed E-state index contributed by atoms with van der Waals surface area (Å²) in [6, 6.07) is 53.9. The van der Waals surface area contributed by atoms with Gasteiger partial charge in [-0.05, 0) is 90.2 Å². The first kappa shape index (κ1) is 46.6. The fourth-order valence-corrected chi connectivity index (χ4v) is 8.19. The van der Waals surface area contributed by atoms with E-state index in [-0.39, 0.29) is 47.3 Å². The Balaban J connectivity index is 1.04. The minimum absolute atomic E-state index is 0.0690. The van der Waals surface area contributed by atoms with Crippen molar-refractivity contribution >= 4 is 17.7 Å². The van der Waals surface area contributed by atoms with Crippen LogP contribution < -0.4 is 29.0 Å². The third-order valence-electron chi connectivity index (χ3n) is 11.7. The van der Waals surface area contributed by atoms with Crippen LogP contribution in [0.1, 0.15) is 71.7 Å². The number of carbonyl (C=O) groups is 3. The highest BCUT2D eigenvalue weighted by atomic mass is 16.5. The summed E-state index contributed by atoms with van der Waals surface area (Å²) in [5.74, 6) is -0.0614. The highest BCUT2D eigenvalue weighted by Gasteiger charge is 2.34. The molecule has 11 nitrogen and oxygen atoms in total. The smallest absolute Gasteiger partial charge is 0.338 e. The van der Waals surface area contributed by atoms with E-state index < -0.39 is 23.9 Å². The maximum atomic E-state index is 15.0. The van der Waals surface area contributed by atoms with Crippen molar-refractivity contribution in [2.75, 3.05) is 27.3 Å². The maximum absolute atomic E-state index is 15.0. The number of amides is 1. The lowest BCUT2D eigenvalue weighted by Gasteiger charge is -2.29. The summed E-state index contributed by atoms with van der Waals surface area (Å²) >= 11 is 0. The van der Waals surface area contributed by atoms with Gasteiger partial charge >= 0.3 is 5.97 Å². The molecule has 1 aliphatic rings. The predicted octanol–water partition coefficient (Wildman–Crippen LogP) is 10.3. The number of rotatable bonds is 19. The average molecular weight is 911 g/mol. The van der Waals surface area contributed by atoms with Crippen molar-refractivity contribution in [3.05, 3.63) is 220 Å². The van der Waals surface area contributed by atoms with E-state index in [1.807, 2.05) is 109 Å². The highest BCUT2D eigenvalue weighted by molar-refractivity contribution is 6.16. The Morgan fingerprint density at radius 2 is 1.03 bits per heavy atom. The van der Waals surface area contributed by atoms with Crippen LogP contribution in [0.2, 0.25) is 0 Å². The molecule has 68 heavy (non-hydrogen) atoms. The summed E-state index contributed by atoms with van der Waals surface area (Å²) in [6.07, 6.45) is 0.507. The molecule has 0 unspecified atom stereocenters. The van der Waals surface area contributed by atoms with Gasteiger partial charge in [-0.25, -0.2) is 4.79 Å². The first-order chi connectivity index (χ1) is 33.3. The Morgan fingerprint density at radius 3 is 1.54 bits per heavy atom. The summed E-state index contributed by atoms with van der Waals surface area (Å²) in [5.41, 5.74) is 4.78. The maximum Gasteiger partial charge on any atom is 0.338 e. The second-order valence-electron chi connectivity index (χ2n) is 16.4. The number of methoxy groups -OCH3 is 2. The van der Waals surface area contributed by atoms with Gasteiger partial charge in [0.15, 0.2) is 0 Å². The van der Waals surface area contributed by atoms with Gasteiger partial charge in [-0.15, -0.1) is 0 Å². The number of nitrogens with zero attached hydrogens (tertiary/aromatic N) is 1. The van der Waals surface area contributed by atoms with Crippen LogP contribution in [0.4, 0.5) is 0 Å². The molecule has 2 atom stereocenters. The zero-order chi connectivity index (χ0) is 47.1. The van der Waals surface area contributed by atoms with Crippen LogP contribution in [-0.2, 0) is 31.1 Å². The Kier molecular flexibility index (Phi) is 15.8. The fourth-order valence-electron chi connectivity index (χ4n) is 8.19. The lowest BCUT2D eigenvalue weighted by atomic mass is 9.97. The number of nitrogens with one attached hydrogen (secondary N) is 1. The normalized spacial score (nSPS) is 14.7. The molecule has 7 aromatic carbocycles. The Hall–Kier alpha value is -7.89. The van der Waals surface area contributed by atoms with Gasteiger partial charge in [0.05, 0.1) is 25.8 Å². The molecule has 1 fully saturated rings. The zero-order valence-electron chi connectivity index (χ0n) is 38.2. The molecule has 0 spiro atoms. The number of esters is 1. The summed E-state index contributed by atoms with van der Waals surface area (Å²) in [6.45, 7) is 2.62. The Bertz CT molecular complexity index is 2670. The van der Waals surface area contributed by atoms with Crippen LogP contribution >= 0.6 is 0 Å². The van der Waals surface area contributed by atoms with Gasteiger partial charge in [0.25, 0.3) is 5.91 Å². The largest absolute Gasteiger partial charge is 0.496 e. The van der Waals surface area contributed by atoms with E-state index in [9.17, 15) is 14.4 Å². The van der Waals surface area contributed by atoms with Crippen molar-refractivity contribution in [2.24, 2.45) is 0 Å². The van der Waals surface area contributed by atoms with Gasteiger partial charge in [0.1, 0.15) is 65.8 Å². The zero-order valence-corrected chi connectivity index (χ0v) is 38.2. The van der Waals surface area contributed by atoms with Gasteiger partial charge in [-0.2, -0.15) is 0 Å². The predicted molar refractivity (Wildman–Crippen MR) is 260 cm³/mol. The van der Waals surface area contributed by atoms with Gasteiger partial charge in [-0.1, -0.05) is 127 Å². The summed E-state index contributed by atoms with van der Waals surface area (Å²) in [5, 5.41) is 3.20. The number of carbonyl (C=O) groups excluding carboxylic acids is 3. The molecule has 8 rings (SSSR count). The molecule has 1 N–H and O–H groups in total. The minimum atomic E-state index is -0.697. The average Bonchev–Trinajstić information content (AvgIpc) is 3.57. The Labute approximate surface area is 397 Å². The standard InChI is InChI=1S/C57H54N2O9/c1-63-51-33-45(34-52(64-2)54(51)55(60)53-49(66-38-42-21-11-5-12-22-42)25-15-26-50(53)67-39-43-23-13-6-14-24-43)57(62)68-48-27-16-32-59(35-40-17-7-3-8-18-40)36-47(48)58-56(61)44-28-30-46(31-29-44)65-37-41-19-9-4-10-20-41/h3-15,17-26,28-31,33-34,47-48H,16,27,32,35-39H2,1-2H3,(H,58,61)/t47-,48-/m1/s1. The molecule has 346 valence electrons. The fraction of sp³-hybridized carbons (Fsp3) is 0.211. The molecule has 0 saturated carbocycles. The van der Waals surface area contributed by atoms with Crippen molar-refractivity contribution < 1.29 is 42.8 Å². The third kappa shape index (κ3) is 12.1. The van der Waals surface area contributed by atoms with Crippen molar-refractivity contribution in [1.82, 2.24) is 10.2 Å². The van der Waals surface area contributed by atoms with Gasteiger partial charge in [0, 0.05) is 18.7 Å². The van der Waals surface area contributed by atoms with Crippen molar-refractivity contribution in [3.8, 4) is 28.7 Å². The van der Waals surface area contributed by atoms with Gasteiger partial charge in [-0.3, -0.25) is 14.5 Å². The number of ether oxygens (including phenoxy) is 6. The van der Waals surface area contributed by atoms with Crippen LogP contribution in [-0.4, -0.2) is 62.0 Å². The molecule has 1 saturated heterocycles. The first-order valence-corrected chi connectivity index (χ1v) is 22.7. The van der Waals surface area contributed by atoms with E-state index in [4.69, 9.17) is 28.4 Å². The number of hydrogen-bond acceptors (Lipinski definition) is 10. The lowest BCUT2D eigenvalue weighted by molar-refractivity contribution is 0.0174. The molecule has 7 aromatic rings. The van der Waals surface area contributed by atoms with Crippen molar-refractivity contribution in [2.45, 2.75) is 51.4 Å². The van der Waals surface area contributed by atoms with E-state index in [0.29, 0.717) is 55.4 Å². The summed E-state index contributed by atoms with van der Waals surface area (Å²) < 4.78 is 36.6. The van der Waals surface area contributed by atoms with E-state index >= 15 is 0 Å². The number of likely N-dealkylation sites (tertiary alicyclic amines) is 1. The number of benzene rings is 7. The van der Waals surface area contributed by atoms with Crippen LogP contribution in [0, 0.1) is 0 Å². The van der Waals surface area contributed by atoms with E-state index in [2.05, 4.69) is 22.3 Å².